The highest BCUT2D eigenvalue weighted by Gasteiger charge is 2.16. The maximum Gasteiger partial charge on any atom is 0.225 e. The molecular formula is C24H29N5. The van der Waals surface area contributed by atoms with Gasteiger partial charge in [0.1, 0.15) is 5.82 Å². The van der Waals surface area contributed by atoms with Crippen molar-refractivity contribution in [2.24, 2.45) is 0 Å². The molecule has 0 aliphatic heterocycles. The highest BCUT2D eigenvalue weighted by Crippen LogP contribution is 2.29. The Morgan fingerprint density at radius 3 is 2.24 bits per heavy atom. The van der Waals surface area contributed by atoms with Gasteiger partial charge in [-0.25, -0.2) is 4.98 Å². The number of nitrogens with one attached hydrogen (secondary N) is 2. The van der Waals surface area contributed by atoms with Gasteiger partial charge in [-0.05, 0) is 56.9 Å². The van der Waals surface area contributed by atoms with Crippen LogP contribution in [0.1, 0.15) is 48.8 Å². The first-order valence-corrected chi connectivity index (χ1v) is 10.5. The molecule has 1 saturated carbocycles. The highest BCUT2D eigenvalue weighted by atomic mass is 15.2. The fourth-order valence-electron chi connectivity index (χ4n) is 4.18. The number of hydrogen-bond donors (Lipinski definition) is 2. The molecule has 1 aromatic carbocycles. The van der Waals surface area contributed by atoms with Gasteiger partial charge in [0.05, 0.1) is 5.69 Å². The quantitative estimate of drug-likeness (QED) is 0.566. The molecule has 5 heteroatoms. The number of pyridine rings is 1. The maximum absolute atomic E-state index is 4.81. The standard InChI is InChI=1S/C24H29N5/c1-16-13-17(2)23(18(3)14-16)28-22-15-21(19-9-11-25-12-10-19)27-24(29-22)26-20-7-5-4-6-8-20/h9-15,20H,4-8H2,1-3H3,(H2,26,27,28,29). The molecule has 3 aromatic rings. The first-order chi connectivity index (χ1) is 14.1. The smallest absolute Gasteiger partial charge is 0.225 e. The second-order valence-corrected chi connectivity index (χ2v) is 8.08. The summed E-state index contributed by atoms with van der Waals surface area (Å²) >= 11 is 0. The van der Waals surface area contributed by atoms with Crippen molar-refractivity contribution in [2.75, 3.05) is 10.6 Å². The molecule has 0 unspecified atom stereocenters. The normalized spacial score (nSPS) is 14.6. The van der Waals surface area contributed by atoms with Gasteiger partial charge in [0.25, 0.3) is 0 Å². The fraction of sp³-hybridized carbons (Fsp3) is 0.375. The van der Waals surface area contributed by atoms with E-state index in [9.17, 15) is 0 Å². The molecule has 0 amide bonds. The van der Waals surface area contributed by atoms with Crippen LogP contribution in [0.3, 0.4) is 0 Å². The fourth-order valence-corrected chi connectivity index (χ4v) is 4.18. The number of rotatable bonds is 5. The van der Waals surface area contributed by atoms with Crippen LogP contribution in [0, 0.1) is 20.8 Å². The summed E-state index contributed by atoms with van der Waals surface area (Å²) in [6.45, 7) is 6.39. The van der Waals surface area contributed by atoms with Gasteiger partial charge in [0, 0.05) is 35.8 Å². The van der Waals surface area contributed by atoms with Crippen molar-refractivity contribution in [3.8, 4) is 11.3 Å². The van der Waals surface area contributed by atoms with Crippen LogP contribution < -0.4 is 10.6 Å². The van der Waals surface area contributed by atoms with Crippen LogP contribution >= 0.6 is 0 Å². The van der Waals surface area contributed by atoms with Gasteiger partial charge in [-0.3, -0.25) is 4.98 Å². The first-order valence-electron chi connectivity index (χ1n) is 10.5. The third kappa shape index (κ3) is 4.73. The van der Waals surface area contributed by atoms with E-state index in [4.69, 9.17) is 9.97 Å². The minimum Gasteiger partial charge on any atom is -0.351 e. The molecule has 0 saturated heterocycles. The van der Waals surface area contributed by atoms with Gasteiger partial charge < -0.3 is 10.6 Å². The van der Waals surface area contributed by atoms with Crippen molar-refractivity contribution in [1.29, 1.82) is 0 Å². The summed E-state index contributed by atoms with van der Waals surface area (Å²) in [4.78, 5) is 13.7. The van der Waals surface area contributed by atoms with Gasteiger partial charge >= 0.3 is 0 Å². The molecule has 5 nitrogen and oxygen atoms in total. The summed E-state index contributed by atoms with van der Waals surface area (Å²) in [6, 6.07) is 10.8. The Morgan fingerprint density at radius 2 is 1.55 bits per heavy atom. The summed E-state index contributed by atoms with van der Waals surface area (Å²) < 4.78 is 0. The largest absolute Gasteiger partial charge is 0.351 e. The van der Waals surface area contributed by atoms with Crippen molar-refractivity contribution in [2.45, 2.75) is 58.9 Å². The molecule has 0 bridgehead atoms. The third-order valence-corrected chi connectivity index (χ3v) is 5.57. The van der Waals surface area contributed by atoms with Crippen molar-refractivity contribution >= 4 is 17.5 Å². The molecule has 2 heterocycles. The lowest BCUT2D eigenvalue weighted by atomic mass is 9.96. The Bertz CT molecular complexity index is 955. The predicted molar refractivity (Wildman–Crippen MR) is 120 cm³/mol. The van der Waals surface area contributed by atoms with Crippen molar-refractivity contribution in [3.63, 3.8) is 0 Å². The lowest BCUT2D eigenvalue weighted by Crippen LogP contribution is -2.23. The lowest BCUT2D eigenvalue weighted by Gasteiger charge is -2.23. The molecule has 2 N–H and O–H groups in total. The molecule has 150 valence electrons. The Kier molecular flexibility index (Phi) is 5.74. The predicted octanol–water partition coefficient (Wildman–Crippen LogP) is 5.95. The number of aromatic nitrogens is 3. The van der Waals surface area contributed by atoms with E-state index >= 15 is 0 Å². The molecule has 0 atom stereocenters. The monoisotopic (exact) mass is 387 g/mol. The Labute approximate surface area is 173 Å². The van der Waals surface area contributed by atoms with Gasteiger partial charge in [-0.2, -0.15) is 4.98 Å². The molecule has 4 rings (SSSR count). The van der Waals surface area contributed by atoms with E-state index in [0.717, 1.165) is 22.8 Å². The molecule has 29 heavy (non-hydrogen) atoms. The molecule has 2 aromatic heterocycles. The summed E-state index contributed by atoms with van der Waals surface area (Å²) in [6.07, 6.45) is 9.84. The number of benzene rings is 1. The zero-order valence-electron chi connectivity index (χ0n) is 17.5. The number of hydrogen-bond acceptors (Lipinski definition) is 5. The minimum atomic E-state index is 0.451. The number of nitrogens with zero attached hydrogens (tertiary/aromatic N) is 3. The summed E-state index contributed by atoms with van der Waals surface area (Å²) in [5, 5.41) is 7.13. The minimum absolute atomic E-state index is 0.451. The zero-order valence-corrected chi connectivity index (χ0v) is 17.5. The van der Waals surface area contributed by atoms with Crippen LogP contribution in [0.15, 0.2) is 42.7 Å². The Morgan fingerprint density at radius 1 is 0.862 bits per heavy atom. The second kappa shape index (κ2) is 8.60. The topological polar surface area (TPSA) is 62.7 Å². The molecule has 0 radical (unpaired) electrons. The second-order valence-electron chi connectivity index (χ2n) is 8.08. The Hall–Kier alpha value is -2.95. The maximum atomic E-state index is 4.81. The van der Waals surface area contributed by atoms with E-state index in [1.807, 2.05) is 18.2 Å². The molecule has 1 fully saturated rings. The van der Waals surface area contributed by atoms with Crippen molar-refractivity contribution < 1.29 is 0 Å². The number of anilines is 3. The average molecular weight is 388 g/mol. The molecule has 1 aliphatic rings. The van der Waals surface area contributed by atoms with Crippen molar-refractivity contribution in [1.82, 2.24) is 15.0 Å². The summed E-state index contributed by atoms with van der Waals surface area (Å²) in [5.41, 5.74) is 6.74. The SMILES string of the molecule is Cc1cc(C)c(Nc2cc(-c3ccncc3)nc(NC3CCCCC3)n2)c(C)c1. The Balaban J connectivity index is 1.69. The van der Waals surface area contributed by atoms with Gasteiger partial charge in [-0.15, -0.1) is 0 Å². The average Bonchev–Trinajstić information content (AvgIpc) is 2.72. The van der Waals surface area contributed by atoms with Gasteiger partial charge in [-0.1, -0.05) is 37.0 Å². The van der Waals surface area contributed by atoms with E-state index in [1.54, 1.807) is 12.4 Å². The van der Waals surface area contributed by atoms with Crippen LogP contribution in [-0.2, 0) is 0 Å². The highest BCUT2D eigenvalue weighted by molar-refractivity contribution is 5.70. The number of aryl methyl sites for hydroxylation is 3. The van der Waals surface area contributed by atoms with Crippen LogP contribution in [0.2, 0.25) is 0 Å². The van der Waals surface area contributed by atoms with Gasteiger partial charge in [0.2, 0.25) is 5.95 Å². The summed E-state index contributed by atoms with van der Waals surface area (Å²) in [7, 11) is 0. The molecule has 1 aliphatic carbocycles. The van der Waals surface area contributed by atoms with Crippen molar-refractivity contribution in [3.05, 3.63) is 59.4 Å². The molecular weight excluding hydrogens is 358 g/mol. The molecule has 0 spiro atoms. The third-order valence-electron chi connectivity index (χ3n) is 5.57. The van der Waals surface area contributed by atoms with E-state index in [0.29, 0.717) is 12.0 Å². The first kappa shape index (κ1) is 19.4. The van der Waals surface area contributed by atoms with Crippen LogP contribution in [0.25, 0.3) is 11.3 Å². The van der Waals surface area contributed by atoms with Crippen LogP contribution in [-0.4, -0.2) is 21.0 Å². The van der Waals surface area contributed by atoms with Gasteiger partial charge in [0.15, 0.2) is 0 Å². The summed E-state index contributed by atoms with van der Waals surface area (Å²) in [5.74, 6) is 1.50. The zero-order chi connectivity index (χ0) is 20.2. The van der Waals surface area contributed by atoms with Crippen LogP contribution in [0.4, 0.5) is 17.5 Å². The van der Waals surface area contributed by atoms with Crippen LogP contribution in [0.5, 0.6) is 0 Å². The van der Waals surface area contributed by atoms with E-state index in [2.05, 4.69) is 48.5 Å². The van der Waals surface area contributed by atoms with E-state index in [1.165, 1.54) is 48.8 Å². The lowest BCUT2D eigenvalue weighted by molar-refractivity contribution is 0.461. The van der Waals surface area contributed by atoms with E-state index < -0.39 is 0 Å². The van der Waals surface area contributed by atoms with E-state index in [-0.39, 0.29) is 0 Å².